The Morgan fingerprint density at radius 1 is 1.23 bits per heavy atom. The van der Waals surface area contributed by atoms with Crippen LogP contribution in [-0.4, -0.2) is 81.6 Å². The van der Waals surface area contributed by atoms with Gasteiger partial charge in [0.15, 0.2) is 5.82 Å². The summed E-state index contributed by atoms with van der Waals surface area (Å²) < 4.78 is 8.57. The summed E-state index contributed by atoms with van der Waals surface area (Å²) in [5.74, 6) is 1.09. The Balaban J connectivity index is 0.00000112. The van der Waals surface area contributed by atoms with Crippen molar-refractivity contribution in [2.24, 2.45) is 0 Å². The first kappa shape index (κ1) is 27.8. The molecule has 5 rings (SSSR count). The van der Waals surface area contributed by atoms with Crippen LogP contribution in [0.1, 0.15) is 23.7 Å². The van der Waals surface area contributed by atoms with Crippen LogP contribution < -0.4 is 15.8 Å². The van der Waals surface area contributed by atoms with Crippen LogP contribution in [0.4, 0.5) is 5.82 Å². The minimum Gasteiger partial charge on any atom is -0.495 e. The van der Waals surface area contributed by atoms with E-state index in [-0.39, 0.29) is 12.4 Å². The summed E-state index contributed by atoms with van der Waals surface area (Å²) in [6.45, 7) is 7.09. The minimum absolute atomic E-state index is 0.116. The average molecular weight is 554 g/mol. The van der Waals surface area contributed by atoms with Gasteiger partial charge in [0.25, 0.3) is 6.47 Å². The lowest BCUT2D eigenvalue weighted by Crippen LogP contribution is -2.45. The normalized spacial score (nSPS) is 13.7. The van der Waals surface area contributed by atoms with Crippen LogP contribution in [0.3, 0.4) is 0 Å². The van der Waals surface area contributed by atoms with Crippen LogP contribution in [0.5, 0.6) is 5.75 Å². The maximum absolute atomic E-state index is 11.9. The summed E-state index contributed by atoms with van der Waals surface area (Å²) in [5, 5.41) is 15.5. The molecule has 1 fully saturated rings. The fraction of sp³-hybridized carbons (Fsp3) is 0.346. The topological polar surface area (TPSA) is 155 Å². The highest BCUT2D eigenvalue weighted by Gasteiger charge is 2.27. The number of aryl methyl sites for hydroxylation is 1. The van der Waals surface area contributed by atoms with Crippen LogP contribution in [0.15, 0.2) is 24.5 Å². The summed E-state index contributed by atoms with van der Waals surface area (Å²) in [7, 11) is 1.68. The first-order valence-electron chi connectivity index (χ1n) is 12.3. The molecule has 206 valence electrons. The molecule has 4 aromatic rings. The van der Waals surface area contributed by atoms with Crippen molar-refractivity contribution in [3.8, 4) is 16.2 Å². The molecule has 2 amide bonds. The molecular weight excluding hydrogens is 522 g/mol. The molecule has 39 heavy (non-hydrogen) atoms. The zero-order chi connectivity index (χ0) is 28.1. The lowest BCUT2D eigenvalue weighted by atomic mass is 10.1. The molecule has 1 saturated heterocycles. The Kier molecular flexibility index (Phi) is 8.62. The molecule has 0 atom stereocenters. The number of hydrogen-bond acceptors (Lipinski definition) is 9. The number of piperazine rings is 1. The predicted molar refractivity (Wildman–Crippen MR) is 149 cm³/mol. The Morgan fingerprint density at radius 3 is 2.59 bits per heavy atom. The SMILES string of the molecule is COc1cc(C)cc2cc(-c3c(CNC(C)=O)c(CN4CCN(C=O)CC4)n4ncnc(N)c34)sc12.O=CO. The predicted octanol–water partition coefficient (Wildman–Crippen LogP) is 2.12. The van der Waals surface area contributed by atoms with E-state index >= 15 is 0 Å². The number of carbonyl (C=O) groups excluding carboxylic acids is 2. The van der Waals surface area contributed by atoms with Crippen molar-refractivity contribution in [1.82, 2.24) is 29.7 Å². The van der Waals surface area contributed by atoms with Crippen molar-refractivity contribution in [3.05, 3.63) is 41.3 Å². The average Bonchev–Trinajstić information content (AvgIpc) is 3.47. The highest BCUT2D eigenvalue weighted by atomic mass is 32.1. The van der Waals surface area contributed by atoms with Crippen LogP contribution in [-0.2, 0) is 27.5 Å². The lowest BCUT2D eigenvalue weighted by Gasteiger charge is -2.32. The van der Waals surface area contributed by atoms with Gasteiger partial charge >= 0.3 is 0 Å². The number of thiophene rings is 1. The van der Waals surface area contributed by atoms with Crippen LogP contribution in [0.2, 0.25) is 0 Å². The summed E-state index contributed by atoms with van der Waals surface area (Å²) in [5.41, 5.74) is 11.1. The number of nitrogens with two attached hydrogens (primary N) is 1. The number of ether oxygens (including phenoxy) is 1. The summed E-state index contributed by atoms with van der Waals surface area (Å²) >= 11 is 1.62. The molecule has 1 aliphatic rings. The van der Waals surface area contributed by atoms with Crippen molar-refractivity contribution in [3.63, 3.8) is 0 Å². The van der Waals surface area contributed by atoms with Gasteiger partial charge in [-0.2, -0.15) is 5.10 Å². The number of hydrogen-bond donors (Lipinski definition) is 3. The number of anilines is 1. The summed E-state index contributed by atoms with van der Waals surface area (Å²) in [6.07, 6.45) is 2.36. The third kappa shape index (κ3) is 5.78. The van der Waals surface area contributed by atoms with Crippen LogP contribution >= 0.6 is 11.3 Å². The van der Waals surface area contributed by atoms with Gasteiger partial charge in [0, 0.05) is 62.2 Å². The molecule has 13 heteroatoms. The van der Waals surface area contributed by atoms with E-state index in [1.165, 1.54) is 13.3 Å². The number of nitrogens with one attached hydrogen (secondary N) is 1. The largest absolute Gasteiger partial charge is 0.495 e. The van der Waals surface area contributed by atoms with Gasteiger partial charge < -0.3 is 25.8 Å². The lowest BCUT2D eigenvalue weighted by molar-refractivity contribution is -0.123. The van der Waals surface area contributed by atoms with E-state index in [4.69, 9.17) is 20.4 Å². The second-order valence-electron chi connectivity index (χ2n) is 9.13. The summed E-state index contributed by atoms with van der Waals surface area (Å²) in [6, 6.07) is 6.30. The van der Waals surface area contributed by atoms with E-state index in [0.717, 1.165) is 68.1 Å². The van der Waals surface area contributed by atoms with Gasteiger partial charge in [-0.25, -0.2) is 9.50 Å². The second-order valence-corrected chi connectivity index (χ2v) is 10.2. The number of aromatic nitrogens is 3. The first-order valence-corrected chi connectivity index (χ1v) is 13.1. The maximum atomic E-state index is 11.9. The Labute approximate surface area is 229 Å². The monoisotopic (exact) mass is 553 g/mol. The van der Waals surface area contributed by atoms with Gasteiger partial charge in [-0.15, -0.1) is 11.3 Å². The van der Waals surface area contributed by atoms with E-state index in [1.807, 2.05) is 17.5 Å². The zero-order valence-corrected chi connectivity index (χ0v) is 22.8. The molecule has 0 unspecified atom stereocenters. The van der Waals surface area contributed by atoms with Gasteiger partial charge in [-0.1, -0.05) is 6.07 Å². The summed E-state index contributed by atoms with van der Waals surface area (Å²) in [4.78, 5) is 40.8. The van der Waals surface area contributed by atoms with Crippen LogP contribution in [0, 0.1) is 6.92 Å². The quantitative estimate of drug-likeness (QED) is 0.292. The number of nitrogens with zero attached hydrogens (tertiary/aromatic N) is 5. The standard InChI is InChI=1S/C25H29N7O3S.CH2O2/c1-15-8-17-10-21(36-24(17)20(9-15)35-3)22-18(11-27-16(2)34)19(32-23(22)25(26)28-13-29-32)12-30-4-6-31(14-33)7-5-30;2-1-3/h8-10,13-14H,4-7,11-12H2,1-3H3,(H,27,34)(H2,26,28,29);1H,(H,2,3). The molecule has 0 bridgehead atoms. The number of amides is 2. The molecule has 1 aromatic carbocycles. The highest BCUT2D eigenvalue weighted by molar-refractivity contribution is 7.22. The van der Waals surface area contributed by atoms with Crippen molar-refractivity contribution in [2.45, 2.75) is 26.9 Å². The second kappa shape index (κ2) is 12.1. The molecule has 3 aromatic heterocycles. The molecule has 0 radical (unpaired) electrons. The Bertz CT molecular complexity index is 1510. The number of carbonyl (C=O) groups is 3. The fourth-order valence-electron chi connectivity index (χ4n) is 4.83. The number of carboxylic acid groups (broad SMARTS) is 1. The maximum Gasteiger partial charge on any atom is 0.290 e. The third-order valence-electron chi connectivity index (χ3n) is 6.60. The number of rotatable bonds is 7. The highest BCUT2D eigenvalue weighted by Crippen LogP contribution is 2.44. The third-order valence-corrected chi connectivity index (χ3v) is 7.78. The number of benzene rings is 1. The van der Waals surface area contributed by atoms with Gasteiger partial charge in [-0.05, 0) is 30.0 Å². The first-order chi connectivity index (χ1) is 18.8. The molecule has 0 aliphatic carbocycles. The molecule has 12 nitrogen and oxygen atoms in total. The van der Waals surface area contributed by atoms with E-state index in [0.29, 0.717) is 32.0 Å². The van der Waals surface area contributed by atoms with Crippen molar-refractivity contribution < 1.29 is 24.2 Å². The molecule has 1 aliphatic heterocycles. The molecule has 4 N–H and O–H groups in total. The minimum atomic E-state index is -0.250. The van der Waals surface area contributed by atoms with Gasteiger partial charge in [0.05, 0.1) is 17.5 Å². The zero-order valence-electron chi connectivity index (χ0n) is 22.0. The van der Waals surface area contributed by atoms with Crippen molar-refractivity contribution >= 4 is 51.5 Å². The molecule has 0 spiro atoms. The van der Waals surface area contributed by atoms with Crippen molar-refractivity contribution in [1.29, 1.82) is 0 Å². The molecule has 4 heterocycles. The molecular formula is C26H31N7O5S. The van der Waals surface area contributed by atoms with E-state index in [1.54, 1.807) is 23.3 Å². The smallest absolute Gasteiger partial charge is 0.290 e. The van der Waals surface area contributed by atoms with E-state index < -0.39 is 0 Å². The molecule has 0 saturated carbocycles. The van der Waals surface area contributed by atoms with Gasteiger partial charge in [0.2, 0.25) is 12.3 Å². The van der Waals surface area contributed by atoms with Crippen molar-refractivity contribution in [2.75, 3.05) is 39.0 Å². The van der Waals surface area contributed by atoms with Crippen LogP contribution in [0.25, 0.3) is 26.0 Å². The van der Waals surface area contributed by atoms with E-state index in [2.05, 4.69) is 32.4 Å². The Morgan fingerprint density at radius 2 is 1.95 bits per heavy atom. The van der Waals surface area contributed by atoms with Gasteiger partial charge in [0.1, 0.15) is 17.6 Å². The number of nitrogen functional groups attached to an aromatic ring is 1. The van der Waals surface area contributed by atoms with Gasteiger partial charge in [-0.3, -0.25) is 19.3 Å². The van der Waals surface area contributed by atoms with E-state index in [9.17, 15) is 9.59 Å². The fourth-order valence-corrected chi connectivity index (χ4v) is 6.04. The number of fused-ring (bicyclic) bond motifs is 2. The Hall–Kier alpha value is -4.23. The number of methoxy groups -OCH3 is 1.